The van der Waals surface area contributed by atoms with Gasteiger partial charge in [0.15, 0.2) is 0 Å². The lowest BCUT2D eigenvalue weighted by Gasteiger charge is -2.14. The van der Waals surface area contributed by atoms with E-state index in [1.54, 1.807) is 0 Å². The van der Waals surface area contributed by atoms with Crippen LogP contribution in [0.3, 0.4) is 0 Å². The largest absolute Gasteiger partial charge is 0.493 e. The van der Waals surface area contributed by atoms with Crippen LogP contribution in [0.2, 0.25) is 0 Å². The fraction of sp³-hybridized carbons (Fsp3) is 0.417. The summed E-state index contributed by atoms with van der Waals surface area (Å²) in [6.45, 7) is 0.0755. The molecule has 112 valence electrons. The second kappa shape index (κ2) is 6.69. The zero-order valence-electron chi connectivity index (χ0n) is 11.2. The number of benzene rings is 1. The Morgan fingerprint density at radius 3 is 2.50 bits per heavy atom. The van der Waals surface area contributed by atoms with Gasteiger partial charge < -0.3 is 14.9 Å². The van der Waals surface area contributed by atoms with E-state index >= 15 is 0 Å². The Bertz CT molecular complexity index is 582. The SMILES string of the molecule is CN(C)S(=O)(=O)c1ccc(OCCCO)c(C(=O)O)c1. The van der Waals surface area contributed by atoms with E-state index in [1.807, 2.05) is 0 Å². The number of rotatable bonds is 7. The van der Waals surface area contributed by atoms with Crippen LogP contribution in [-0.2, 0) is 10.0 Å². The van der Waals surface area contributed by atoms with Crippen molar-refractivity contribution in [3.8, 4) is 5.75 Å². The van der Waals surface area contributed by atoms with Gasteiger partial charge in [0, 0.05) is 27.1 Å². The Morgan fingerprint density at radius 2 is 2.00 bits per heavy atom. The first-order valence-electron chi connectivity index (χ1n) is 5.84. The summed E-state index contributed by atoms with van der Waals surface area (Å²) >= 11 is 0. The van der Waals surface area contributed by atoms with Crippen LogP contribution >= 0.6 is 0 Å². The third-order valence-corrected chi connectivity index (χ3v) is 4.33. The molecule has 0 aliphatic carbocycles. The van der Waals surface area contributed by atoms with Crippen molar-refractivity contribution in [1.29, 1.82) is 0 Å². The molecule has 2 N–H and O–H groups in total. The molecular formula is C12H17NO6S. The number of ether oxygens (including phenoxy) is 1. The highest BCUT2D eigenvalue weighted by molar-refractivity contribution is 7.89. The standard InChI is InChI=1S/C12H17NO6S/c1-13(2)20(17,18)9-4-5-11(19-7-3-6-14)10(8-9)12(15)16/h4-5,8,14H,3,6-7H2,1-2H3,(H,15,16). The summed E-state index contributed by atoms with van der Waals surface area (Å²) in [7, 11) is -0.975. The number of carboxylic acid groups (broad SMARTS) is 1. The number of hydrogen-bond donors (Lipinski definition) is 2. The Hall–Kier alpha value is -1.64. The lowest BCUT2D eigenvalue weighted by Crippen LogP contribution is -2.22. The molecule has 0 spiro atoms. The Labute approximate surface area is 117 Å². The van der Waals surface area contributed by atoms with Gasteiger partial charge in [-0.2, -0.15) is 0 Å². The maximum Gasteiger partial charge on any atom is 0.339 e. The quantitative estimate of drug-likeness (QED) is 0.706. The van der Waals surface area contributed by atoms with Crippen molar-refractivity contribution >= 4 is 16.0 Å². The molecule has 7 nitrogen and oxygen atoms in total. The Kier molecular flexibility index (Phi) is 5.49. The number of aliphatic hydroxyl groups is 1. The number of aliphatic hydroxyl groups excluding tert-OH is 1. The zero-order chi connectivity index (χ0) is 15.3. The Morgan fingerprint density at radius 1 is 1.35 bits per heavy atom. The first-order chi connectivity index (χ1) is 9.30. The topological polar surface area (TPSA) is 104 Å². The molecule has 0 aromatic heterocycles. The van der Waals surface area contributed by atoms with Crippen molar-refractivity contribution in [3.63, 3.8) is 0 Å². The summed E-state index contributed by atoms with van der Waals surface area (Å²) in [4.78, 5) is 11.0. The van der Waals surface area contributed by atoms with Crippen LogP contribution in [0, 0.1) is 0 Å². The fourth-order valence-electron chi connectivity index (χ4n) is 1.42. The summed E-state index contributed by atoms with van der Waals surface area (Å²) in [6.07, 6.45) is 0.358. The van der Waals surface area contributed by atoms with Crippen LogP contribution in [-0.4, -0.2) is 56.2 Å². The molecule has 0 amide bonds. The smallest absolute Gasteiger partial charge is 0.339 e. The normalized spacial score (nSPS) is 11.6. The van der Waals surface area contributed by atoms with E-state index in [1.165, 1.54) is 26.2 Å². The summed E-state index contributed by atoms with van der Waals surface area (Å²) in [5.74, 6) is -1.21. The van der Waals surface area contributed by atoms with Crippen molar-refractivity contribution < 1.29 is 28.2 Å². The summed E-state index contributed by atoms with van der Waals surface area (Å²) < 4.78 is 30.1. The van der Waals surface area contributed by atoms with Crippen LogP contribution in [0.15, 0.2) is 23.1 Å². The number of carboxylic acids is 1. The van der Waals surface area contributed by atoms with E-state index in [0.29, 0.717) is 6.42 Å². The number of nitrogens with zero attached hydrogens (tertiary/aromatic N) is 1. The molecule has 0 aliphatic heterocycles. The number of hydrogen-bond acceptors (Lipinski definition) is 5. The number of carbonyl (C=O) groups is 1. The van der Waals surface area contributed by atoms with Gasteiger partial charge in [-0.25, -0.2) is 17.5 Å². The van der Waals surface area contributed by atoms with Crippen LogP contribution < -0.4 is 4.74 Å². The second-order valence-corrected chi connectivity index (χ2v) is 6.33. The highest BCUT2D eigenvalue weighted by Gasteiger charge is 2.21. The summed E-state index contributed by atoms with van der Waals surface area (Å²) in [5.41, 5.74) is -0.231. The maximum absolute atomic E-state index is 11.9. The molecule has 0 aliphatic rings. The van der Waals surface area contributed by atoms with E-state index < -0.39 is 16.0 Å². The highest BCUT2D eigenvalue weighted by atomic mass is 32.2. The van der Waals surface area contributed by atoms with Crippen LogP contribution in [0.4, 0.5) is 0 Å². The first kappa shape index (κ1) is 16.4. The minimum absolute atomic E-state index is 0.0728. The van der Waals surface area contributed by atoms with E-state index in [2.05, 4.69) is 0 Å². The van der Waals surface area contributed by atoms with Crippen molar-refractivity contribution in [3.05, 3.63) is 23.8 Å². The molecule has 0 fully saturated rings. The molecule has 0 unspecified atom stereocenters. The zero-order valence-corrected chi connectivity index (χ0v) is 12.1. The van der Waals surface area contributed by atoms with E-state index in [0.717, 1.165) is 10.4 Å². The molecule has 0 atom stereocenters. The minimum atomic E-state index is -3.70. The van der Waals surface area contributed by atoms with Crippen LogP contribution in [0.1, 0.15) is 16.8 Å². The second-order valence-electron chi connectivity index (χ2n) is 4.18. The van der Waals surface area contributed by atoms with Gasteiger partial charge in [-0.15, -0.1) is 0 Å². The number of sulfonamides is 1. The predicted octanol–water partition coefficient (Wildman–Crippen LogP) is 0.396. The lowest BCUT2D eigenvalue weighted by atomic mass is 10.2. The molecule has 0 saturated carbocycles. The maximum atomic E-state index is 11.9. The van der Waals surface area contributed by atoms with Gasteiger partial charge in [0.1, 0.15) is 11.3 Å². The lowest BCUT2D eigenvalue weighted by molar-refractivity contribution is 0.0691. The molecule has 1 aromatic carbocycles. The first-order valence-corrected chi connectivity index (χ1v) is 7.28. The summed E-state index contributed by atoms with van der Waals surface area (Å²) in [6, 6.07) is 3.65. The predicted molar refractivity (Wildman–Crippen MR) is 71.5 cm³/mol. The summed E-state index contributed by atoms with van der Waals surface area (Å²) in [5, 5.41) is 17.8. The van der Waals surface area contributed by atoms with Crippen molar-refractivity contribution in [1.82, 2.24) is 4.31 Å². The molecule has 0 heterocycles. The molecule has 1 aromatic rings. The van der Waals surface area contributed by atoms with Crippen molar-refractivity contribution in [2.24, 2.45) is 0 Å². The van der Waals surface area contributed by atoms with E-state index in [-0.39, 0.29) is 29.4 Å². The van der Waals surface area contributed by atoms with Crippen LogP contribution in [0.5, 0.6) is 5.75 Å². The van der Waals surface area contributed by atoms with Gasteiger partial charge >= 0.3 is 5.97 Å². The molecule has 0 radical (unpaired) electrons. The number of aromatic carboxylic acids is 1. The van der Waals surface area contributed by atoms with Gasteiger partial charge in [-0.1, -0.05) is 0 Å². The van der Waals surface area contributed by atoms with Crippen molar-refractivity contribution in [2.45, 2.75) is 11.3 Å². The van der Waals surface area contributed by atoms with Gasteiger partial charge in [0.2, 0.25) is 10.0 Å². The third kappa shape index (κ3) is 3.69. The molecular weight excluding hydrogens is 286 g/mol. The van der Waals surface area contributed by atoms with Gasteiger partial charge in [0.25, 0.3) is 0 Å². The van der Waals surface area contributed by atoms with Gasteiger partial charge in [0.05, 0.1) is 11.5 Å². The van der Waals surface area contributed by atoms with Gasteiger partial charge in [-0.05, 0) is 18.2 Å². The van der Waals surface area contributed by atoms with E-state index in [4.69, 9.17) is 14.9 Å². The Balaban J connectivity index is 3.17. The molecule has 0 bridgehead atoms. The molecule has 8 heteroatoms. The van der Waals surface area contributed by atoms with Gasteiger partial charge in [-0.3, -0.25) is 0 Å². The average Bonchev–Trinajstić information content (AvgIpc) is 2.38. The third-order valence-electron chi connectivity index (χ3n) is 2.52. The monoisotopic (exact) mass is 303 g/mol. The van der Waals surface area contributed by atoms with Crippen LogP contribution in [0.25, 0.3) is 0 Å². The highest BCUT2D eigenvalue weighted by Crippen LogP contribution is 2.24. The van der Waals surface area contributed by atoms with Crippen molar-refractivity contribution in [2.75, 3.05) is 27.3 Å². The average molecular weight is 303 g/mol. The molecule has 20 heavy (non-hydrogen) atoms. The minimum Gasteiger partial charge on any atom is -0.493 e. The molecule has 0 saturated heterocycles. The fourth-order valence-corrected chi connectivity index (χ4v) is 2.35. The molecule has 1 rings (SSSR count). The van der Waals surface area contributed by atoms with E-state index in [9.17, 15) is 13.2 Å².